The van der Waals surface area contributed by atoms with Crippen LogP contribution in [0.2, 0.25) is 0 Å². The molecule has 1 saturated carbocycles. The average molecular weight is 509 g/mol. The third-order valence-corrected chi connectivity index (χ3v) is 5.87. The Balaban J connectivity index is 0.00000392. The summed E-state index contributed by atoms with van der Waals surface area (Å²) in [4.78, 5) is 19.4. The average Bonchev–Trinajstić information content (AvgIpc) is 2.70. The van der Waals surface area contributed by atoms with Crippen molar-refractivity contribution in [3.8, 4) is 0 Å². The lowest BCUT2D eigenvalue weighted by Gasteiger charge is -2.48. The van der Waals surface area contributed by atoms with E-state index in [4.69, 9.17) is 9.73 Å². The number of nitrogens with one attached hydrogen (secondary N) is 3. The van der Waals surface area contributed by atoms with Gasteiger partial charge in [0.1, 0.15) is 0 Å². The summed E-state index contributed by atoms with van der Waals surface area (Å²) in [5, 5.41) is 9.64. The number of ether oxygens (including phenoxy) is 1. The molecule has 0 radical (unpaired) electrons. The van der Waals surface area contributed by atoms with Crippen LogP contribution in [0, 0.1) is 5.41 Å². The van der Waals surface area contributed by atoms with Gasteiger partial charge in [-0.25, -0.2) is 0 Å². The van der Waals surface area contributed by atoms with Crippen molar-refractivity contribution >= 4 is 35.8 Å². The lowest BCUT2D eigenvalue weighted by atomic mass is 9.80. The molecule has 2 fully saturated rings. The SMILES string of the molecule is CCNC(=NCC(C)(C)C(=O)NC)NCC1(N2CCOCC2)CCCCC1.I. The van der Waals surface area contributed by atoms with E-state index < -0.39 is 5.41 Å². The summed E-state index contributed by atoms with van der Waals surface area (Å²) in [6.07, 6.45) is 6.36. The van der Waals surface area contributed by atoms with Gasteiger partial charge in [0.25, 0.3) is 0 Å². The molecule has 0 atom stereocenters. The molecule has 2 aliphatic rings. The first-order chi connectivity index (χ1) is 12.9. The molecular weight excluding hydrogens is 469 g/mol. The quantitative estimate of drug-likeness (QED) is 0.278. The summed E-state index contributed by atoms with van der Waals surface area (Å²) in [5.74, 6) is 0.812. The Morgan fingerprint density at radius 1 is 1.14 bits per heavy atom. The number of nitrogens with zero attached hydrogens (tertiary/aromatic N) is 2. The van der Waals surface area contributed by atoms with E-state index in [1.165, 1.54) is 32.1 Å². The fraction of sp³-hybridized carbons (Fsp3) is 0.900. The maximum absolute atomic E-state index is 12.0. The molecule has 0 aromatic rings. The van der Waals surface area contributed by atoms with Gasteiger partial charge >= 0.3 is 0 Å². The molecule has 1 amide bonds. The molecule has 1 aliphatic heterocycles. The minimum Gasteiger partial charge on any atom is -0.379 e. The number of amides is 1. The number of aliphatic imine (C=N–C) groups is 1. The molecule has 0 aromatic heterocycles. The van der Waals surface area contributed by atoms with Crippen molar-refractivity contribution in [3.63, 3.8) is 0 Å². The molecule has 0 bridgehead atoms. The van der Waals surface area contributed by atoms with E-state index in [-0.39, 0.29) is 35.4 Å². The van der Waals surface area contributed by atoms with Crippen molar-refractivity contribution in [1.82, 2.24) is 20.9 Å². The topological polar surface area (TPSA) is 78.0 Å². The summed E-state index contributed by atoms with van der Waals surface area (Å²) in [7, 11) is 1.67. The first-order valence-electron chi connectivity index (χ1n) is 10.5. The molecular formula is C20H40IN5O2. The second-order valence-electron chi connectivity index (χ2n) is 8.40. The van der Waals surface area contributed by atoms with Crippen LogP contribution in [0.4, 0.5) is 0 Å². The fourth-order valence-corrected chi connectivity index (χ4v) is 4.13. The minimum absolute atomic E-state index is 0. The van der Waals surface area contributed by atoms with Crippen LogP contribution < -0.4 is 16.0 Å². The molecule has 1 saturated heterocycles. The van der Waals surface area contributed by atoms with Crippen molar-refractivity contribution < 1.29 is 9.53 Å². The van der Waals surface area contributed by atoms with E-state index in [0.717, 1.165) is 45.4 Å². The Bertz CT molecular complexity index is 501. The van der Waals surface area contributed by atoms with Crippen LogP contribution in [-0.4, -0.2) is 75.3 Å². The van der Waals surface area contributed by atoms with Crippen molar-refractivity contribution in [2.75, 3.05) is 53.0 Å². The highest BCUT2D eigenvalue weighted by molar-refractivity contribution is 14.0. The third-order valence-electron chi connectivity index (χ3n) is 5.87. The Hall–Kier alpha value is -0.610. The predicted octanol–water partition coefficient (Wildman–Crippen LogP) is 1.97. The lowest BCUT2D eigenvalue weighted by Crippen LogP contribution is -2.60. The molecule has 0 unspecified atom stereocenters. The smallest absolute Gasteiger partial charge is 0.227 e. The largest absolute Gasteiger partial charge is 0.379 e. The lowest BCUT2D eigenvalue weighted by molar-refractivity contribution is -0.128. The molecule has 164 valence electrons. The Morgan fingerprint density at radius 3 is 2.36 bits per heavy atom. The summed E-state index contributed by atoms with van der Waals surface area (Å²) >= 11 is 0. The summed E-state index contributed by atoms with van der Waals surface area (Å²) in [5.41, 5.74) is -0.335. The van der Waals surface area contributed by atoms with Gasteiger partial charge in [-0.1, -0.05) is 19.3 Å². The normalized spacial score (nSPS) is 20.8. The van der Waals surface area contributed by atoms with E-state index in [1.807, 2.05) is 13.8 Å². The second kappa shape index (κ2) is 12.2. The summed E-state index contributed by atoms with van der Waals surface area (Å²) in [6, 6.07) is 0. The van der Waals surface area contributed by atoms with E-state index in [0.29, 0.717) is 6.54 Å². The number of rotatable bonds is 7. The van der Waals surface area contributed by atoms with Crippen LogP contribution in [0.3, 0.4) is 0 Å². The molecule has 2 rings (SSSR count). The van der Waals surface area contributed by atoms with Gasteiger partial charge in [0.2, 0.25) is 5.91 Å². The molecule has 7 nitrogen and oxygen atoms in total. The first kappa shape index (κ1) is 25.4. The van der Waals surface area contributed by atoms with Crippen molar-refractivity contribution in [2.24, 2.45) is 10.4 Å². The molecule has 0 aromatic carbocycles. The zero-order valence-electron chi connectivity index (χ0n) is 18.1. The van der Waals surface area contributed by atoms with E-state index >= 15 is 0 Å². The van der Waals surface area contributed by atoms with Crippen molar-refractivity contribution in [1.29, 1.82) is 0 Å². The summed E-state index contributed by atoms with van der Waals surface area (Å²) in [6.45, 7) is 11.7. The van der Waals surface area contributed by atoms with Gasteiger partial charge in [-0.2, -0.15) is 0 Å². The molecule has 3 N–H and O–H groups in total. The number of carbonyl (C=O) groups excluding carboxylic acids is 1. The highest BCUT2D eigenvalue weighted by Gasteiger charge is 2.38. The molecule has 28 heavy (non-hydrogen) atoms. The van der Waals surface area contributed by atoms with Crippen molar-refractivity contribution in [2.45, 2.75) is 58.4 Å². The van der Waals surface area contributed by atoms with Gasteiger partial charge in [-0.05, 0) is 33.6 Å². The number of guanidine groups is 1. The van der Waals surface area contributed by atoms with E-state index in [2.05, 4.69) is 27.8 Å². The first-order valence-corrected chi connectivity index (χ1v) is 10.5. The number of hydrogen-bond donors (Lipinski definition) is 3. The molecule has 8 heteroatoms. The zero-order chi connectivity index (χ0) is 19.8. The zero-order valence-corrected chi connectivity index (χ0v) is 20.4. The molecule has 0 spiro atoms. The number of hydrogen-bond acceptors (Lipinski definition) is 4. The van der Waals surface area contributed by atoms with Crippen LogP contribution in [-0.2, 0) is 9.53 Å². The van der Waals surface area contributed by atoms with Gasteiger partial charge in [-0.3, -0.25) is 14.7 Å². The van der Waals surface area contributed by atoms with Gasteiger partial charge < -0.3 is 20.7 Å². The maximum Gasteiger partial charge on any atom is 0.227 e. The minimum atomic E-state index is -0.524. The van der Waals surface area contributed by atoms with Crippen molar-refractivity contribution in [3.05, 3.63) is 0 Å². The van der Waals surface area contributed by atoms with Crippen LogP contribution >= 0.6 is 24.0 Å². The van der Waals surface area contributed by atoms with Gasteiger partial charge in [0.15, 0.2) is 5.96 Å². The second-order valence-corrected chi connectivity index (χ2v) is 8.40. The summed E-state index contributed by atoms with van der Waals surface area (Å²) < 4.78 is 5.57. The van der Waals surface area contributed by atoms with Crippen LogP contribution in [0.1, 0.15) is 52.9 Å². The Labute approximate surface area is 187 Å². The monoisotopic (exact) mass is 509 g/mol. The highest BCUT2D eigenvalue weighted by Crippen LogP contribution is 2.33. The van der Waals surface area contributed by atoms with E-state index in [9.17, 15) is 4.79 Å². The number of halogens is 1. The molecule has 1 aliphatic carbocycles. The van der Waals surface area contributed by atoms with Crippen LogP contribution in [0.15, 0.2) is 4.99 Å². The fourth-order valence-electron chi connectivity index (χ4n) is 4.13. The van der Waals surface area contributed by atoms with Crippen LogP contribution in [0.25, 0.3) is 0 Å². The Morgan fingerprint density at radius 2 is 1.79 bits per heavy atom. The van der Waals surface area contributed by atoms with Gasteiger partial charge in [0.05, 0.1) is 25.2 Å². The highest BCUT2D eigenvalue weighted by atomic mass is 127. The van der Waals surface area contributed by atoms with E-state index in [1.54, 1.807) is 7.05 Å². The maximum atomic E-state index is 12.0. The Kier molecular flexibility index (Phi) is 11.1. The number of carbonyl (C=O) groups is 1. The van der Waals surface area contributed by atoms with Crippen LogP contribution in [0.5, 0.6) is 0 Å². The third kappa shape index (κ3) is 7.02. The molecule has 1 heterocycles. The number of morpholine rings is 1. The van der Waals surface area contributed by atoms with Gasteiger partial charge in [-0.15, -0.1) is 24.0 Å². The predicted molar refractivity (Wildman–Crippen MR) is 125 cm³/mol. The standard InChI is InChI=1S/C20H39N5O2.HI/c1-5-22-18(23-15-19(2,3)17(26)21-4)24-16-20(9-7-6-8-10-20)25-11-13-27-14-12-25;/h5-16H2,1-4H3,(H,21,26)(H2,22,23,24);1H. The van der Waals surface area contributed by atoms with Gasteiger partial charge in [0, 0.05) is 38.8 Å².